The molecule has 0 saturated heterocycles. The van der Waals surface area contributed by atoms with Crippen molar-refractivity contribution >= 4 is 28.9 Å². The van der Waals surface area contributed by atoms with Gasteiger partial charge in [-0.25, -0.2) is 0 Å². The molecule has 21 heavy (non-hydrogen) atoms. The third-order valence-electron chi connectivity index (χ3n) is 3.49. The number of hydrogen-bond acceptors (Lipinski definition) is 3. The molecule has 1 aromatic carbocycles. The third-order valence-corrected chi connectivity index (χ3v) is 3.99. The second-order valence-electron chi connectivity index (χ2n) is 5.01. The van der Waals surface area contributed by atoms with E-state index in [0.29, 0.717) is 22.4 Å². The lowest BCUT2D eigenvalue weighted by atomic mass is 10.0. The van der Waals surface area contributed by atoms with Crippen LogP contribution in [-0.4, -0.2) is 11.2 Å². The van der Waals surface area contributed by atoms with E-state index in [2.05, 4.69) is 5.32 Å². The molecule has 0 saturated carbocycles. The molecule has 1 unspecified atom stereocenters. The smallest absolute Gasteiger partial charge is 0.250 e. The molecule has 2 heterocycles. The van der Waals surface area contributed by atoms with Crippen molar-refractivity contribution in [1.29, 1.82) is 0 Å². The zero-order valence-electron chi connectivity index (χ0n) is 11.4. The molecule has 4 nitrogen and oxygen atoms in total. The van der Waals surface area contributed by atoms with Gasteiger partial charge in [0.25, 0.3) is 0 Å². The van der Waals surface area contributed by atoms with Crippen LogP contribution in [0.15, 0.2) is 35.3 Å². The highest BCUT2D eigenvalue weighted by Crippen LogP contribution is 2.41. The first-order valence-corrected chi connectivity index (χ1v) is 7.35. The van der Waals surface area contributed by atoms with Crippen LogP contribution in [0.25, 0.3) is 0 Å². The Bertz CT molecular complexity index is 743. The molecule has 0 bridgehead atoms. The van der Waals surface area contributed by atoms with Gasteiger partial charge in [-0.3, -0.25) is 4.79 Å². The number of halogens is 2. The zero-order valence-corrected chi connectivity index (χ0v) is 12.9. The number of ether oxygens (including phenoxy) is 1. The van der Waals surface area contributed by atoms with Crippen molar-refractivity contribution < 1.29 is 4.74 Å². The van der Waals surface area contributed by atoms with Gasteiger partial charge in [-0.1, -0.05) is 23.2 Å². The first kappa shape index (κ1) is 14.3. The molecule has 1 N–H and O–H groups in total. The van der Waals surface area contributed by atoms with Crippen molar-refractivity contribution in [2.75, 3.05) is 11.9 Å². The number of rotatable bonds is 2. The molecule has 1 aliphatic rings. The molecular formula is C15H14Cl2N2O2. The lowest BCUT2D eigenvalue weighted by molar-refractivity contribution is 0.274. The standard InChI is InChI=1S/C15H14Cl2N2O2/c1-19-8-10(2-3-14(19)20)18-13-4-5-21-15-11(13)6-9(16)7-12(15)17/h2-3,6-8,13,18H,4-5H2,1H3. The number of pyridine rings is 1. The monoisotopic (exact) mass is 324 g/mol. The lowest BCUT2D eigenvalue weighted by Gasteiger charge is -2.28. The van der Waals surface area contributed by atoms with E-state index in [0.717, 1.165) is 17.7 Å². The van der Waals surface area contributed by atoms with E-state index in [-0.39, 0.29) is 11.6 Å². The average Bonchev–Trinajstić information content (AvgIpc) is 2.44. The summed E-state index contributed by atoms with van der Waals surface area (Å²) in [5.74, 6) is 0.676. The number of aryl methyl sites for hydroxylation is 1. The Hall–Kier alpha value is -1.65. The third kappa shape index (κ3) is 2.87. The van der Waals surface area contributed by atoms with Gasteiger partial charge >= 0.3 is 0 Å². The summed E-state index contributed by atoms with van der Waals surface area (Å²) in [5.41, 5.74) is 1.76. The van der Waals surface area contributed by atoms with Crippen LogP contribution in [0, 0.1) is 0 Å². The number of hydrogen-bond donors (Lipinski definition) is 1. The molecule has 3 rings (SSSR count). The van der Waals surface area contributed by atoms with E-state index < -0.39 is 0 Å². The minimum absolute atomic E-state index is 0.0426. The maximum atomic E-state index is 11.4. The second-order valence-corrected chi connectivity index (χ2v) is 5.85. The Morgan fingerprint density at radius 2 is 2.14 bits per heavy atom. The molecule has 2 aromatic rings. The van der Waals surface area contributed by atoms with Gasteiger partial charge in [0.2, 0.25) is 5.56 Å². The minimum Gasteiger partial charge on any atom is -0.492 e. The zero-order chi connectivity index (χ0) is 15.0. The first-order valence-electron chi connectivity index (χ1n) is 6.59. The normalized spacial score (nSPS) is 17.0. The highest BCUT2D eigenvalue weighted by atomic mass is 35.5. The van der Waals surface area contributed by atoms with Gasteiger partial charge < -0.3 is 14.6 Å². The summed E-state index contributed by atoms with van der Waals surface area (Å²) in [5, 5.41) is 4.50. The Morgan fingerprint density at radius 1 is 1.33 bits per heavy atom. The molecule has 1 aliphatic heterocycles. The maximum Gasteiger partial charge on any atom is 0.250 e. The summed E-state index contributed by atoms with van der Waals surface area (Å²) in [6.45, 7) is 0.581. The number of fused-ring (bicyclic) bond motifs is 1. The van der Waals surface area contributed by atoms with Crippen molar-refractivity contribution in [1.82, 2.24) is 4.57 Å². The van der Waals surface area contributed by atoms with Gasteiger partial charge in [0.1, 0.15) is 5.75 Å². The van der Waals surface area contributed by atoms with E-state index >= 15 is 0 Å². The number of aromatic nitrogens is 1. The molecule has 6 heteroatoms. The van der Waals surface area contributed by atoms with Gasteiger partial charge in [0.05, 0.1) is 23.4 Å². The summed E-state index contributed by atoms with van der Waals surface area (Å²) < 4.78 is 7.17. The van der Waals surface area contributed by atoms with Crippen LogP contribution < -0.4 is 15.6 Å². The minimum atomic E-state index is -0.0426. The van der Waals surface area contributed by atoms with Crippen molar-refractivity contribution in [3.63, 3.8) is 0 Å². The Labute approximate surface area is 132 Å². The average molecular weight is 325 g/mol. The SMILES string of the molecule is Cn1cc(NC2CCOc3c(Cl)cc(Cl)cc32)ccc1=O. The molecule has 110 valence electrons. The van der Waals surface area contributed by atoms with Gasteiger partial charge in [-0.15, -0.1) is 0 Å². The van der Waals surface area contributed by atoms with Gasteiger partial charge in [0.15, 0.2) is 0 Å². The summed E-state index contributed by atoms with van der Waals surface area (Å²) >= 11 is 12.3. The quantitative estimate of drug-likeness (QED) is 0.917. The van der Waals surface area contributed by atoms with Gasteiger partial charge in [0, 0.05) is 36.3 Å². The Morgan fingerprint density at radius 3 is 2.90 bits per heavy atom. The Kier molecular flexibility index (Phi) is 3.83. The number of anilines is 1. The molecule has 0 aliphatic carbocycles. The fraction of sp³-hybridized carbons (Fsp3) is 0.267. The summed E-state index contributed by atoms with van der Waals surface area (Å²) in [4.78, 5) is 11.4. The fourth-order valence-electron chi connectivity index (χ4n) is 2.46. The Balaban J connectivity index is 1.95. The number of benzene rings is 1. The van der Waals surface area contributed by atoms with Crippen molar-refractivity contribution in [3.05, 3.63) is 56.4 Å². The predicted octanol–water partition coefficient (Wildman–Crippen LogP) is 3.63. The molecule has 0 spiro atoms. The van der Waals surface area contributed by atoms with Crippen LogP contribution in [0.4, 0.5) is 5.69 Å². The van der Waals surface area contributed by atoms with Crippen LogP contribution in [0.5, 0.6) is 5.75 Å². The first-order chi connectivity index (χ1) is 10.0. The van der Waals surface area contributed by atoms with E-state index in [1.54, 1.807) is 25.4 Å². The summed E-state index contributed by atoms with van der Waals surface area (Å²) in [6.07, 6.45) is 2.57. The van der Waals surface area contributed by atoms with Crippen molar-refractivity contribution in [2.24, 2.45) is 7.05 Å². The van der Waals surface area contributed by atoms with Crippen LogP contribution in [0.3, 0.4) is 0 Å². The molecule has 1 atom stereocenters. The van der Waals surface area contributed by atoms with Gasteiger partial charge in [-0.05, 0) is 18.2 Å². The second kappa shape index (κ2) is 5.62. The fourth-order valence-corrected chi connectivity index (χ4v) is 3.02. The highest BCUT2D eigenvalue weighted by molar-refractivity contribution is 6.35. The molecule has 1 aromatic heterocycles. The number of nitrogens with zero attached hydrogens (tertiary/aromatic N) is 1. The van der Waals surface area contributed by atoms with Crippen LogP contribution in [0.2, 0.25) is 10.0 Å². The largest absolute Gasteiger partial charge is 0.492 e. The maximum absolute atomic E-state index is 11.4. The highest BCUT2D eigenvalue weighted by Gasteiger charge is 2.24. The van der Waals surface area contributed by atoms with E-state index in [1.165, 1.54) is 10.6 Å². The number of nitrogens with one attached hydrogen (secondary N) is 1. The van der Waals surface area contributed by atoms with Gasteiger partial charge in [-0.2, -0.15) is 0 Å². The molecule has 0 amide bonds. The van der Waals surface area contributed by atoms with Crippen molar-refractivity contribution in [2.45, 2.75) is 12.5 Å². The molecule has 0 fully saturated rings. The van der Waals surface area contributed by atoms with Crippen LogP contribution >= 0.6 is 23.2 Å². The van der Waals surface area contributed by atoms with Crippen molar-refractivity contribution in [3.8, 4) is 5.75 Å². The summed E-state index contributed by atoms with van der Waals surface area (Å²) in [7, 11) is 1.72. The lowest BCUT2D eigenvalue weighted by Crippen LogP contribution is -2.22. The molecule has 0 radical (unpaired) electrons. The van der Waals surface area contributed by atoms with Crippen LogP contribution in [0.1, 0.15) is 18.0 Å². The molecular weight excluding hydrogens is 311 g/mol. The van der Waals surface area contributed by atoms with Crippen LogP contribution in [-0.2, 0) is 7.05 Å². The van der Waals surface area contributed by atoms with E-state index in [1.807, 2.05) is 6.07 Å². The van der Waals surface area contributed by atoms with E-state index in [4.69, 9.17) is 27.9 Å². The van der Waals surface area contributed by atoms with E-state index in [9.17, 15) is 4.79 Å². The summed E-state index contributed by atoms with van der Waals surface area (Å²) in [6, 6.07) is 6.89. The predicted molar refractivity (Wildman–Crippen MR) is 84.6 cm³/mol. The topological polar surface area (TPSA) is 43.3 Å².